The Bertz CT molecular complexity index is 1160. The molecule has 2 fully saturated rings. The number of rotatable bonds is 1. The fourth-order valence-electron chi connectivity index (χ4n) is 6.33. The Morgan fingerprint density at radius 1 is 1.03 bits per heavy atom. The number of fused-ring (bicyclic) bond motifs is 6. The summed E-state index contributed by atoms with van der Waals surface area (Å²) in [4.78, 5) is 19.5. The molecule has 152 valence electrons. The zero-order valence-electron chi connectivity index (χ0n) is 17.5. The van der Waals surface area contributed by atoms with Crippen molar-refractivity contribution in [2.45, 2.75) is 38.1 Å². The molecule has 1 aliphatic carbocycles. The van der Waals surface area contributed by atoms with Crippen molar-refractivity contribution in [2.24, 2.45) is 11.8 Å². The lowest BCUT2D eigenvalue weighted by Crippen LogP contribution is -2.57. The fraction of sp³-hybridized carbons (Fsp3) is 0.370. The summed E-state index contributed by atoms with van der Waals surface area (Å²) in [5.74, 6) is 1.41. The summed E-state index contributed by atoms with van der Waals surface area (Å²) in [7, 11) is 0. The maximum absolute atomic E-state index is 13.0. The van der Waals surface area contributed by atoms with Crippen LogP contribution in [0.5, 0.6) is 0 Å². The minimum absolute atomic E-state index is 0.00863. The van der Waals surface area contributed by atoms with Crippen molar-refractivity contribution in [3.05, 3.63) is 77.0 Å². The van der Waals surface area contributed by atoms with Gasteiger partial charge in [-0.05, 0) is 66.9 Å². The average Bonchev–Trinajstić information content (AvgIpc) is 3.14. The van der Waals surface area contributed by atoms with Gasteiger partial charge in [0.15, 0.2) is 5.78 Å². The third kappa shape index (κ3) is 2.72. The number of para-hydroxylation sites is 1. The van der Waals surface area contributed by atoms with Gasteiger partial charge in [-0.1, -0.05) is 48.5 Å². The van der Waals surface area contributed by atoms with Gasteiger partial charge in [0.05, 0.1) is 5.54 Å². The molecule has 0 spiro atoms. The van der Waals surface area contributed by atoms with Crippen molar-refractivity contribution < 1.29 is 4.79 Å². The van der Waals surface area contributed by atoms with Gasteiger partial charge in [0.2, 0.25) is 0 Å². The van der Waals surface area contributed by atoms with E-state index < -0.39 is 0 Å². The number of ketones is 1. The molecular weight excluding hydrogens is 368 g/mol. The normalized spacial score (nSPS) is 30.2. The van der Waals surface area contributed by atoms with E-state index >= 15 is 0 Å². The van der Waals surface area contributed by atoms with Gasteiger partial charge < -0.3 is 4.98 Å². The molecule has 6 rings (SSSR count). The van der Waals surface area contributed by atoms with Crippen LogP contribution in [0.25, 0.3) is 17.0 Å². The second-order valence-corrected chi connectivity index (χ2v) is 9.63. The van der Waals surface area contributed by atoms with Crippen LogP contribution in [0, 0.1) is 11.8 Å². The predicted molar refractivity (Wildman–Crippen MR) is 121 cm³/mol. The number of hydrogen-bond donors (Lipinski definition) is 1. The molecule has 0 amide bonds. The second kappa shape index (κ2) is 6.68. The highest BCUT2D eigenvalue weighted by Gasteiger charge is 2.49. The van der Waals surface area contributed by atoms with E-state index in [1.165, 1.54) is 22.2 Å². The van der Waals surface area contributed by atoms with E-state index in [-0.39, 0.29) is 5.54 Å². The quantitative estimate of drug-likeness (QED) is 0.565. The molecule has 1 N–H and O–H groups in total. The van der Waals surface area contributed by atoms with E-state index in [0.717, 1.165) is 43.5 Å². The van der Waals surface area contributed by atoms with Crippen LogP contribution in [-0.4, -0.2) is 28.8 Å². The first kappa shape index (κ1) is 18.1. The molecule has 3 nitrogen and oxygen atoms in total. The molecule has 2 aliphatic heterocycles. The zero-order valence-corrected chi connectivity index (χ0v) is 17.5. The van der Waals surface area contributed by atoms with Crippen molar-refractivity contribution in [1.29, 1.82) is 0 Å². The molecule has 1 saturated heterocycles. The lowest BCUT2D eigenvalue weighted by Gasteiger charge is -2.54. The lowest BCUT2D eigenvalue weighted by atomic mass is 9.65. The van der Waals surface area contributed by atoms with Crippen LogP contribution in [0.4, 0.5) is 0 Å². The Kier molecular flexibility index (Phi) is 4.04. The van der Waals surface area contributed by atoms with Crippen LogP contribution in [0.1, 0.15) is 43.0 Å². The number of Topliss-reactive ketones (excluding diaryl/α,β-unsaturated/α-hetero) is 1. The summed E-state index contributed by atoms with van der Waals surface area (Å²) < 4.78 is 0. The van der Waals surface area contributed by atoms with Crippen molar-refractivity contribution in [2.75, 3.05) is 13.1 Å². The van der Waals surface area contributed by atoms with Crippen LogP contribution in [0.3, 0.4) is 0 Å². The highest BCUT2D eigenvalue weighted by Crippen LogP contribution is 2.50. The molecular formula is C27H28N2O. The zero-order chi connectivity index (χ0) is 20.3. The number of piperidine rings is 1. The van der Waals surface area contributed by atoms with E-state index in [9.17, 15) is 4.79 Å². The summed E-state index contributed by atoms with van der Waals surface area (Å²) in [5.41, 5.74) is 6.31. The lowest BCUT2D eigenvalue weighted by molar-refractivity contribution is -0.121. The highest BCUT2D eigenvalue weighted by atomic mass is 16.1. The molecule has 30 heavy (non-hydrogen) atoms. The number of nitrogens with zero attached hydrogens (tertiary/aromatic N) is 1. The fourth-order valence-corrected chi connectivity index (χ4v) is 6.33. The van der Waals surface area contributed by atoms with E-state index in [1.807, 2.05) is 18.2 Å². The van der Waals surface area contributed by atoms with Gasteiger partial charge in [-0.3, -0.25) is 9.69 Å². The van der Waals surface area contributed by atoms with Gasteiger partial charge in [0.25, 0.3) is 0 Å². The standard InChI is InChI=1S/C27H28N2O/c1-27-16-20-15-25(30)19(13-18-7-3-2-4-8-18)14-21(20)17-29(27)12-11-23-22-9-5-6-10-24(22)28-26(23)27/h2-10,13,20-21,28H,11-12,14-17H2,1H3/t20?,21?,27-/m0/s1. The monoisotopic (exact) mass is 396 g/mol. The summed E-state index contributed by atoms with van der Waals surface area (Å²) in [5, 5.41) is 1.38. The van der Waals surface area contributed by atoms with Gasteiger partial charge in [-0.2, -0.15) is 0 Å². The molecule has 1 aromatic heterocycles. The van der Waals surface area contributed by atoms with Gasteiger partial charge in [-0.15, -0.1) is 0 Å². The minimum atomic E-state index is 0.00863. The Morgan fingerprint density at radius 2 is 1.83 bits per heavy atom. The van der Waals surface area contributed by atoms with Crippen molar-refractivity contribution in [3.8, 4) is 0 Å². The van der Waals surface area contributed by atoms with E-state index in [2.05, 4.69) is 59.3 Å². The largest absolute Gasteiger partial charge is 0.357 e. The molecule has 3 heterocycles. The van der Waals surface area contributed by atoms with Crippen LogP contribution >= 0.6 is 0 Å². The average molecular weight is 397 g/mol. The maximum atomic E-state index is 13.0. The first-order valence-electron chi connectivity index (χ1n) is 11.3. The number of hydrogen-bond acceptors (Lipinski definition) is 2. The van der Waals surface area contributed by atoms with Gasteiger partial charge in [0.1, 0.15) is 0 Å². The maximum Gasteiger partial charge on any atom is 0.159 e. The Hall–Kier alpha value is -2.65. The van der Waals surface area contributed by atoms with E-state index in [0.29, 0.717) is 24.0 Å². The Balaban J connectivity index is 1.32. The van der Waals surface area contributed by atoms with Crippen LogP contribution in [0.2, 0.25) is 0 Å². The number of benzene rings is 2. The molecule has 3 atom stereocenters. The van der Waals surface area contributed by atoms with Crippen molar-refractivity contribution >= 4 is 22.8 Å². The van der Waals surface area contributed by atoms with E-state index in [4.69, 9.17) is 0 Å². The highest BCUT2D eigenvalue weighted by molar-refractivity contribution is 6.00. The van der Waals surface area contributed by atoms with Gasteiger partial charge in [0, 0.05) is 36.1 Å². The number of allylic oxidation sites excluding steroid dienone is 1. The van der Waals surface area contributed by atoms with Gasteiger partial charge >= 0.3 is 0 Å². The number of aromatic nitrogens is 1. The first-order valence-corrected chi connectivity index (χ1v) is 11.3. The number of carbonyl (C=O) groups is 1. The molecule has 3 heteroatoms. The van der Waals surface area contributed by atoms with Crippen LogP contribution in [0.15, 0.2) is 60.2 Å². The molecule has 0 radical (unpaired) electrons. The smallest absolute Gasteiger partial charge is 0.159 e. The van der Waals surface area contributed by atoms with Crippen LogP contribution in [-0.2, 0) is 16.8 Å². The first-order chi connectivity index (χ1) is 14.6. The summed E-state index contributed by atoms with van der Waals surface area (Å²) >= 11 is 0. The predicted octanol–water partition coefficient (Wildman–Crippen LogP) is 5.32. The minimum Gasteiger partial charge on any atom is -0.357 e. The number of aromatic amines is 1. The van der Waals surface area contributed by atoms with E-state index in [1.54, 1.807) is 0 Å². The summed E-state index contributed by atoms with van der Waals surface area (Å²) in [6.45, 7) is 4.60. The second-order valence-electron chi connectivity index (χ2n) is 9.63. The number of carbonyl (C=O) groups excluding carboxylic acids is 1. The third-order valence-electron chi connectivity index (χ3n) is 7.89. The number of H-pyrrole nitrogens is 1. The summed E-state index contributed by atoms with van der Waals surface area (Å²) in [6, 6.07) is 19.0. The van der Waals surface area contributed by atoms with Crippen molar-refractivity contribution in [1.82, 2.24) is 9.88 Å². The molecule has 1 saturated carbocycles. The topological polar surface area (TPSA) is 36.1 Å². The molecule has 3 aromatic rings. The SMILES string of the molecule is C[C@@]12CC3CC(=O)C(=Cc4ccccc4)CC3CN1CCc1c2[nH]c2ccccc12. The molecule has 2 unspecified atom stereocenters. The molecule has 3 aliphatic rings. The Labute approximate surface area is 177 Å². The molecule has 2 aromatic carbocycles. The van der Waals surface area contributed by atoms with Gasteiger partial charge in [-0.25, -0.2) is 0 Å². The third-order valence-corrected chi connectivity index (χ3v) is 7.89. The van der Waals surface area contributed by atoms with Crippen LogP contribution < -0.4 is 0 Å². The molecule has 0 bridgehead atoms. The Morgan fingerprint density at radius 3 is 2.70 bits per heavy atom. The summed E-state index contributed by atoms with van der Waals surface area (Å²) in [6.07, 6.45) is 5.92. The van der Waals surface area contributed by atoms with Crippen molar-refractivity contribution in [3.63, 3.8) is 0 Å². The number of nitrogens with one attached hydrogen (secondary N) is 1.